The van der Waals surface area contributed by atoms with Gasteiger partial charge in [0.15, 0.2) is 5.78 Å². The molecule has 3 aromatic rings. The van der Waals surface area contributed by atoms with Gasteiger partial charge in [0.25, 0.3) is 5.56 Å². The van der Waals surface area contributed by atoms with E-state index in [0.29, 0.717) is 17.8 Å². The molecule has 1 atom stereocenters. The summed E-state index contributed by atoms with van der Waals surface area (Å²) in [5, 5.41) is 4.59. The van der Waals surface area contributed by atoms with Crippen LogP contribution in [0.2, 0.25) is 0 Å². The lowest BCUT2D eigenvalue weighted by molar-refractivity contribution is 0.0838. The third-order valence-electron chi connectivity index (χ3n) is 5.52. The van der Waals surface area contributed by atoms with E-state index in [0.717, 1.165) is 42.8 Å². The van der Waals surface area contributed by atoms with Crippen LogP contribution < -0.4 is 5.56 Å². The van der Waals surface area contributed by atoms with Crippen molar-refractivity contribution in [3.63, 3.8) is 0 Å². The minimum absolute atomic E-state index is 0.0553. The SMILES string of the molecule is Cc1[nH]c2cc(C3CCCCN3CC(=O)c3ccccc3)nn2c(=O)c1C. The van der Waals surface area contributed by atoms with E-state index >= 15 is 0 Å². The number of Topliss-reactive ketones (excluding diaryl/α,β-unsaturated/α-hetero) is 1. The van der Waals surface area contributed by atoms with Crippen molar-refractivity contribution in [2.24, 2.45) is 0 Å². The molecule has 6 nitrogen and oxygen atoms in total. The second-order valence-electron chi connectivity index (χ2n) is 7.32. The van der Waals surface area contributed by atoms with Crippen LogP contribution in [0.25, 0.3) is 5.65 Å². The average Bonchev–Trinajstić information content (AvgIpc) is 3.11. The maximum absolute atomic E-state index is 12.7. The molecule has 0 spiro atoms. The fourth-order valence-corrected chi connectivity index (χ4v) is 3.83. The van der Waals surface area contributed by atoms with Gasteiger partial charge in [-0.3, -0.25) is 14.5 Å². The zero-order valence-electron chi connectivity index (χ0n) is 15.7. The molecule has 140 valence electrons. The van der Waals surface area contributed by atoms with Gasteiger partial charge in [0.1, 0.15) is 5.65 Å². The molecule has 0 bridgehead atoms. The van der Waals surface area contributed by atoms with Gasteiger partial charge in [0.05, 0.1) is 18.3 Å². The largest absolute Gasteiger partial charge is 0.343 e. The molecular weight excluding hydrogens is 340 g/mol. The van der Waals surface area contributed by atoms with Crippen molar-refractivity contribution in [1.82, 2.24) is 19.5 Å². The molecule has 4 rings (SSSR count). The Morgan fingerprint density at radius 1 is 1.22 bits per heavy atom. The van der Waals surface area contributed by atoms with E-state index in [4.69, 9.17) is 0 Å². The lowest BCUT2D eigenvalue weighted by atomic mass is 9.98. The third-order valence-corrected chi connectivity index (χ3v) is 5.52. The van der Waals surface area contributed by atoms with E-state index in [1.807, 2.05) is 43.3 Å². The Morgan fingerprint density at radius 3 is 2.78 bits per heavy atom. The van der Waals surface area contributed by atoms with Crippen molar-refractivity contribution < 1.29 is 4.79 Å². The second kappa shape index (κ2) is 7.12. The molecule has 3 heterocycles. The van der Waals surface area contributed by atoms with Crippen molar-refractivity contribution >= 4 is 11.4 Å². The number of piperidine rings is 1. The molecule has 1 aliphatic heterocycles. The number of benzene rings is 1. The monoisotopic (exact) mass is 364 g/mol. The summed E-state index contributed by atoms with van der Waals surface area (Å²) >= 11 is 0. The Kier molecular flexibility index (Phi) is 4.66. The summed E-state index contributed by atoms with van der Waals surface area (Å²) < 4.78 is 1.45. The van der Waals surface area contributed by atoms with E-state index in [9.17, 15) is 9.59 Å². The normalized spacial score (nSPS) is 18.1. The fourth-order valence-electron chi connectivity index (χ4n) is 3.83. The topological polar surface area (TPSA) is 70.5 Å². The van der Waals surface area contributed by atoms with E-state index in [2.05, 4.69) is 15.0 Å². The van der Waals surface area contributed by atoms with Crippen LogP contribution in [0.15, 0.2) is 41.2 Å². The number of H-pyrrole nitrogens is 1. The minimum Gasteiger partial charge on any atom is -0.343 e. The number of fused-ring (bicyclic) bond motifs is 1. The quantitative estimate of drug-likeness (QED) is 0.723. The van der Waals surface area contributed by atoms with Crippen molar-refractivity contribution in [2.45, 2.75) is 39.2 Å². The van der Waals surface area contributed by atoms with Gasteiger partial charge in [0.2, 0.25) is 0 Å². The van der Waals surface area contributed by atoms with Crippen LogP contribution in [0.1, 0.15) is 52.6 Å². The third kappa shape index (κ3) is 3.32. The first-order valence-corrected chi connectivity index (χ1v) is 9.46. The van der Waals surface area contributed by atoms with Gasteiger partial charge in [-0.25, -0.2) is 0 Å². The van der Waals surface area contributed by atoms with Gasteiger partial charge < -0.3 is 4.98 Å². The van der Waals surface area contributed by atoms with Crippen LogP contribution in [0.4, 0.5) is 0 Å². The van der Waals surface area contributed by atoms with E-state index in [-0.39, 0.29) is 17.4 Å². The molecule has 1 fully saturated rings. The van der Waals surface area contributed by atoms with Crippen LogP contribution in [0, 0.1) is 13.8 Å². The molecule has 6 heteroatoms. The number of likely N-dealkylation sites (tertiary alicyclic amines) is 1. The molecule has 1 unspecified atom stereocenters. The maximum atomic E-state index is 12.7. The Hall–Kier alpha value is -2.73. The summed E-state index contributed by atoms with van der Waals surface area (Å²) in [5.74, 6) is 0.119. The van der Waals surface area contributed by atoms with Crippen molar-refractivity contribution in [3.8, 4) is 0 Å². The minimum atomic E-state index is -0.0878. The first-order chi connectivity index (χ1) is 13.0. The molecule has 1 N–H and O–H groups in total. The molecule has 0 aliphatic carbocycles. The van der Waals surface area contributed by atoms with Crippen LogP contribution in [0.3, 0.4) is 0 Å². The molecular formula is C21H24N4O2. The number of aromatic nitrogens is 3. The van der Waals surface area contributed by atoms with Gasteiger partial charge in [0, 0.05) is 22.9 Å². The van der Waals surface area contributed by atoms with E-state index in [1.165, 1.54) is 4.52 Å². The average molecular weight is 364 g/mol. The number of ketones is 1. The number of nitrogens with one attached hydrogen (secondary N) is 1. The van der Waals surface area contributed by atoms with Crippen molar-refractivity contribution in [2.75, 3.05) is 13.1 Å². The maximum Gasteiger partial charge on any atom is 0.277 e. The van der Waals surface area contributed by atoms with Gasteiger partial charge in [-0.15, -0.1) is 0 Å². The highest BCUT2D eigenvalue weighted by Crippen LogP contribution is 2.30. The molecule has 0 saturated carbocycles. The second-order valence-corrected chi connectivity index (χ2v) is 7.32. The van der Waals surface area contributed by atoms with Crippen LogP contribution in [0.5, 0.6) is 0 Å². The molecule has 1 aromatic carbocycles. The predicted molar refractivity (Wildman–Crippen MR) is 104 cm³/mol. The number of hydrogen-bond acceptors (Lipinski definition) is 4. The van der Waals surface area contributed by atoms with Gasteiger partial charge in [-0.1, -0.05) is 36.8 Å². The highest BCUT2D eigenvalue weighted by atomic mass is 16.1. The van der Waals surface area contributed by atoms with E-state index < -0.39 is 0 Å². The zero-order valence-corrected chi connectivity index (χ0v) is 15.7. The Bertz CT molecular complexity index is 1040. The molecule has 27 heavy (non-hydrogen) atoms. The predicted octanol–water partition coefficient (Wildman–Crippen LogP) is 3.05. The summed E-state index contributed by atoms with van der Waals surface area (Å²) in [6.45, 7) is 4.94. The molecule has 1 aliphatic rings. The van der Waals surface area contributed by atoms with Gasteiger partial charge >= 0.3 is 0 Å². The lowest BCUT2D eigenvalue weighted by Gasteiger charge is -2.34. The van der Waals surface area contributed by atoms with Gasteiger partial charge in [-0.2, -0.15) is 9.61 Å². The smallest absolute Gasteiger partial charge is 0.277 e. The Balaban J connectivity index is 1.65. The highest BCUT2D eigenvalue weighted by molar-refractivity contribution is 5.97. The number of hydrogen-bond donors (Lipinski definition) is 1. The molecule has 2 aromatic heterocycles. The van der Waals surface area contributed by atoms with Crippen molar-refractivity contribution in [3.05, 3.63) is 69.3 Å². The number of carbonyl (C=O) groups is 1. The van der Waals surface area contributed by atoms with Gasteiger partial charge in [-0.05, 0) is 33.2 Å². The van der Waals surface area contributed by atoms with Crippen LogP contribution >= 0.6 is 0 Å². The number of carbonyl (C=O) groups excluding carboxylic acids is 1. The number of rotatable bonds is 4. The van der Waals surface area contributed by atoms with Crippen molar-refractivity contribution in [1.29, 1.82) is 0 Å². The standard InChI is InChI=1S/C21H24N4O2/c1-14-15(2)22-20-12-17(23-25(20)21(14)27)18-10-6-7-11-24(18)13-19(26)16-8-4-3-5-9-16/h3-5,8-9,12,18,22H,6-7,10-11,13H2,1-2H3. The highest BCUT2D eigenvalue weighted by Gasteiger charge is 2.28. The summed E-state index contributed by atoms with van der Waals surface area (Å²) in [7, 11) is 0. The van der Waals surface area contributed by atoms with E-state index in [1.54, 1.807) is 6.92 Å². The number of aromatic amines is 1. The zero-order chi connectivity index (χ0) is 19.0. The number of nitrogens with zero attached hydrogens (tertiary/aromatic N) is 3. The Morgan fingerprint density at radius 2 is 2.00 bits per heavy atom. The Labute approximate surface area is 157 Å². The molecule has 0 amide bonds. The summed E-state index contributed by atoms with van der Waals surface area (Å²) in [6.07, 6.45) is 3.11. The number of aryl methyl sites for hydroxylation is 1. The summed E-state index contributed by atoms with van der Waals surface area (Å²) in [6, 6.07) is 11.4. The first-order valence-electron chi connectivity index (χ1n) is 9.46. The van der Waals surface area contributed by atoms with Crippen LogP contribution in [-0.2, 0) is 0 Å². The summed E-state index contributed by atoms with van der Waals surface area (Å²) in [5.41, 5.74) is 3.75. The fraction of sp³-hybridized carbons (Fsp3) is 0.381. The molecule has 1 saturated heterocycles. The first kappa shape index (κ1) is 17.7. The lowest BCUT2D eigenvalue weighted by Crippen LogP contribution is -2.37. The summed E-state index contributed by atoms with van der Waals surface area (Å²) in [4.78, 5) is 30.6. The van der Waals surface area contributed by atoms with Crippen LogP contribution in [-0.4, -0.2) is 38.4 Å². The molecule has 0 radical (unpaired) electrons.